The third-order valence-electron chi connectivity index (χ3n) is 3.84. The number of ether oxygens (including phenoxy) is 1. The normalized spacial score (nSPS) is 11.2. The summed E-state index contributed by atoms with van der Waals surface area (Å²) in [6.07, 6.45) is -4.79. The number of hydrogen-bond donors (Lipinski definition) is 2. The molecule has 146 valence electrons. The lowest BCUT2D eigenvalue weighted by Gasteiger charge is -2.13. The van der Waals surface area contributed by atoms with Crippen LogP contribution in [-0.2, 0) is 0 Å². The highest BCUT2D eigenvalue weighted by Gasteiger charge is 2.31. The van der Waals surface area contributed by atoms with E-state index in [0.29, 0.717) is 28.3 Å². The van der Waals surface area contributed by atoms with Gasteiger partial charge in [-0.05, 0) is 31.2 Å². The van der Waals surface area contributed by atoms with Crippen molar-refractivity contribution in [2.75, 3.05) is 17.7 Å². The molecule has 1 heterocycles. The molecule has 1 aromatic heterocycles. The molecule has 0 aliphatic heterocycles. The van der Waals surface area contributed by atoms with Crippen LogP contribution in [0.4, 0.5) is 35.0 Å². The summed E-state index contributed by atoms with van der Waals surface area (Å²) in [6.45, 7) is 1.62. The van der Waals surface area contributed by atoms with Gasteiger partial charge in [0.2, 0.25) is 5.95 Å². The van der Waals surface area contributed by atoms with Crippen LogP contribution < -0.4 is 15.4 Å². The Morgan fingerprint density at radius 3 is 2.46 bits per heavy atom. The van der Waals surface area contributed by atoms with Gasteiger partial charge in [-0.15, -0.1) is 13.2 Å². The quantitative estimate of drug-likeness (QED) is 0.579. The zero-order chi connectivity index (χ0) is 20.3. The molecule has 2 aromatic carbocycles. The first kappa shape index (κ1) is 19.4. The van der Waals surface area contributed by atoms with Crippen molar-refractivity contribution in [3.8, 4) is 17.0 Å². The maximum Gasteiger partial charge on any atom is 0.573 e. The van der Waals surface area contributed by atoms with Crippen LogP contribution in [0.1, 0.15) is 5.56 Å². The predicted octanol–water partition coefficient (Wildman–Crippen LogP) is 5.28. The zero-order valence-electron chi connectivity index (χ0n) is 14.9. The SMILES string of the molecule is CNc1nc(Nc2cccc(F)c2C)cc(-c2cccc(OC(F)(F)F)c2)n1. The van der Waals surface area contributed by atoms with Crippen molar-refractivity contribution in [1.82, 2.24) is 9.97 Å². The molecule has 0 atom stereocenters. The third kappa shape index (κ3) is 4.67. The Kier molecular flexibility index (Phi) is 5.34. The van der Waals surface area contributed by atoms with E-state index in [1.807, 2.05) is 0 Å². The summed E-state index contributed by atoms with van der Waals surface area (Å²) in [5.41, 5.74) is 1.69. The number of nitrogens with zero attached hydrogens (tertiary/aromatic N) is 2. The molecular formula is C19H16F4N4O. The van der Waals surface area contributed by atoms with Crippen LogP contribution in [0.2, 0.25) is 0 Å². The number of nitrogens with one attached hydrogen (secondary N) is 2. The van der Waals surface area contributed by atoms with E-state index in [0.717, 1.165) is 0 Å². The van der Waals surface area contributed by atoms with Crippen molar-refractivity contribution in [2.45, 2.75) is 13.3 Å². The van der Waals surface area contributed by atoms with Gasteiger partial charge in [0.1, 0.15) is 17.4 Å². The van der Waals surface area contributed by atoms with E-state index < -0.39 is 6.36 Å². The monoisotopic (exact) mass is 392 g/mol. The molecule has 0 unspecified atom stereocenters. The van der Waals surface area contributed by atoms with Gasteiger partial charge < -0.3 is 15.4 Å². The van der Waals surface area contributed by atoms with E-state index in [2.05, 4.69) is 25.3 Å². The molecule has 0 saturated carbocycles. The number of rotatable bonds is 5. The highest BCUT2D eigenvalue weighted by Crippen LogP contribution is 2.29. The molecule has 0 amide bonds. The van der Waals surface area contributed by atoms with E-state index in [-0.39, 0.29) is 17.5 Å². The Morgan fingerprint density at radius 2 is 1.75 bits per heavy atom. The summed E-state index contributed by atoms with van der Waals surface area (Å²) in [6, 6.07) is 11.6. The minimum Gasteiger partial charge on any atom is -0.406 e. The summed E-state index contributed by atoms with van der Waals surface area (Å²) in [5.74, 6) is -0.128. The summed E-state index contributed by atoms with van der Waals surface area (Å²) in [4.78, 5) is 8.53. The van der Waals surface area contributed by atoms with E-state index in [4.69, 9.17) is 0 Å². The molecule has 2 N–H and O–H groups in total. The lowest BCUT2D eigenvalue weighted by molar-refractivity contribution is -0.274. The van der Waals surface area contributed by atoms with Crippen molar-refractivity contribution in [3.63, 3.8) is 0 Å². The average molecular weight is 392 g/mol. The standard InChI is InChI=1S/C19H16F4N4O/c1-11-14(20)7-4-8-15(11)25-17-10-16(26-18(24-2)27-17)12-5-3-6-13(9-12)28-19(21,22)23/h3-10H,1-2H3,(H2,24,25,26,27). The van der Waals surface area contributed by atoms with Crippen molar-refractivity contribution in [1.29, 1.82) is 0 Å². The molecule has 0 bridgehead atoms. The minimum absolute atomic E-state index is 0.246. The predicted molar refractivity (Wildman–Crippen MR) is 98.1 cm³/mol. The molecular weight excluding hydrogens is 376 g/mol. The van der Waals surface area contributed by atoms with Crippen LogP contribution in [0.5, 0.6) is 5.75 Å². The van der Waals surface area contributed by atoms with E-state index >= 15 is 0 Å². The van der Waals surface area contributed by atoms with Crippen LogP contribution in [0.25, 0.3) is 11.3 Å². The second kappa shape index (κ2) is 7.71. The maximum absolute atomic E-state index is 13.8. The smallest absolute Gasteiger partial charge is 0.406 e. The van der Waals surface area contributed by atoms with Crippen LogP contribution in [0.3, 0.4) is 0 Å². The molecule has 28 heavy (non-hydrogen) atoms. The number of anilines is 3. The first-order valence-corrected chi connectivity index (χ1v) is 8.20. The molecule has 0 aliphatic rings. The van der Waals surface area contributed by atoms with Gasteiger partial charge in [-0.3, -0.25) is 0 Å². The minimum atomic E-state index is -4.79. The second-order valence-electron chi connectivity index (χ2n) is 5.83. The highest BCUT2D eigenvalue weighted by atomic mass is 19.4. The zero-order valence-corrected chi connectivity index (χ0v) is 14.9. The van der Waals surface area contributed by atoms with Crippen molar-refractivity contribution >= 4 is 17.5 Å². The van der Waals surface area contributed by atoms with Gasteiger partial charge in [0, 0.05) is 29.9 Å². The number of hydrogen-bond acceptors (Lipinski definition) is 5. The fourth-order valence-electron chi connectivity index (χ4n) is 2.50. The van der Waals surface area contributed by atoms with Crippen molar-refractivity contribution < 1.29 is 22.3 Å². The Bertz CT molecular complexity index is 992. The lowest BCUT2D eigenvalue weighted by Crippen LogP contribution is -2.17. The van der Waals surface area contributed by atoms with Gasteiger partial charge in [0.15, 0.2) is 0 Å². The van der Waals surface area contributed by atoms with Gasteiger partial charge in [-0.25, -0.2) is 9.37 Å². The van der Waals surface area contributed by atoms with Crippen LogP contribution in [-0.4, -0.2) is 23.4 Å². The fourth-order valence-corrected chi connectivity index (χ4v) is 2.50. The Balaban J connectivity index is 1.98. The topological polar surface area (TPSA) is 59.1 Å². The Labute approximate surface area is 158 Å². The molecule has 5 nitrogen and oxygen atoms in total. The number of alkyl halides is 3. The molecule has 0 radical (unpaired) electrons. The number of halogens is 4. The molecule has 3 aromatic rings. The van der Waals surface area contributed by atoms with Gasteiger partial charge in [0.25, 0.3) is 0 Å². The molecule has 0 aliphatic carbocycles. The van der Waals surface area contributed by atoms with Gasteiger partial charge in [-0.1, -0.05) is 18.2 Å². The van der Waals surface area contributed by atoms with E-state index in [9.17, 15) is 17.6 Å². The number of aromatic nitrogens is 2. The van der Waals surface area contributed by atoms with Crippen LogP contribution in [0.15, 0.2) is 48.5 Å². The summed E-state index contributed by atoms with van der Waals surface area (Å²) >= 11 is 0. The summed E-state index contributed by atoms with van der Waals surface area (Å²) in [5, 5.41) is 5.80. The summed E-state index contributed by atoms with van der Waals surface area (Å²) < 4.78 is 55.1. The first-order chi connectivity index (χ1) is 13.2. The lowest BCUT2D eigenvalue weighted by atomic mass is 10.1. The third-order valence-corrected chi connectivity index (χ3v) is 3.84. The summed E-state index contributed by atoms with van der Waals surface area (Å²) in [7, 11) is 1.61. The fraction of sp³-hybridized carbons (Fsp3) is 0.158. The molecule has 0 spiro atoms. The molecule has 0 fully saturated rings. The average Bonchev–Trinajstić information content (AvgIpc) is 2.64. The van der Waals surface area contributed by atoms with Gasteiger partial charge >= 0.3 is 6.36 Å². The molecule has 0 saturated heterocycles. The van der Waals surface area contributed by atoms with E-state index in [1.165, 1.54) is 24.3 Å². The Morgan fingerprint density at radius 1 is 1.00 bits per heavy atom. The van der Waals surface area contributed by atoms with Crippen LogP contribution in [0, 0.1) is 12.7 Å². The Hall–Kier alpha value is -3.36. The van der Waals surface area contributed by atoms with E-state index in [1.54, 1.807) is 38.2 Å². The largest absolute Gasteiger partial charge is 0.573 e. The second-order valence-corrected chi connectivity index (χ2v) is 5.83. The molecule has 3 rings (SSSR count). The van der Waals surface area contributed by atoms with Crippen LogP contribution >= 0.6 is 0 Å². The number of benzene rings is 2. The highest BCUT2D eigenvalue weighted by molar-refractivity contribution is 5.69. The van der Waals surface area contributed by atoms with Crippen molar-refractivity contribution in [3.05, 3.63) is 59.9 Å². The van der Waals surface area contributed by atoms with Gasteiger partial charge in [-0.2, -0.15) is 4.98 Å². The maximum atomic E-state index is 13.8. The molecule has 9 heteroatoms. The first-order valence-electron chi connectivity index (χ1n) is 8.20. The van der Waals surface area contributed by atoms with Crippen molar-refractivity contribution in [2.24, 2.45) is 0 Å². The van der Waals surface area contributed by atoms with Gasteiger partial charge in [0.05, 0.1) is 5.69 Å².